The number of hydrogen-bond acceptors (Lipinski definition) is 7. The van der Waals surface area contributed by atoms with Crippen LogP contribution in [-0.2, 0) is 32.0 Å². The summed E-state index contributed by atoms with van der Waals surface area (Å²) in [6.07, 6.45) is 3.81. The molecule has 0 radical (unpaired) electrons. The molecule has 1 fully saturated rings. The summed E-state index contributed by atoms with van der Waals surface area (Å²) in [7, 11) is 0. The van der Waals surface area contributed by atoms with Gasteiger partial charge >= 0.3 is 23.8 Å². The predicted molar refractivity (Wildman–Crippen MR) is 114 cm³/mol. The van der Waals surface area contributed by atoms with Crippen molar-refractivity contribution in [3.8, 4) is 0 Å². The molecule has 1 aliphatic heterocycles. The number of fused-ring (bicyclic) bond motifs is 1. The lowest BCUT2D eigenvalue weighted by Gasteiger charge is -2.18. The maximum absolute atomic E-state index is 12.7. The Morgan fingerprint density at radius 2 is 1.87 bits per heavy atom. The first kappa shape index (κ1) is 22.9. The first-order valence-corrected chi connectivity index (χ1v) is 11.4. The molecule has 1 unspecified atom stereocenters. The minimum Gasteiger partial charge on any atom is -0.462 e. The third kappa shape index (κ3) is 4.63. The highest BCUT2D eigenvalue weighted by Gasteiger charge is 2.44. The van der Waals surface area contributed by atoms with E-state index in [4.69, 9.17) is 4.74 Å². The van der Waals surface area contributed by atoms with Crippen molar-refractivity contribution >= 4 is 46.1 Å². The lowest BCUT2D eigenvalue weighted by atomic mass is 9.88. The van der Waals surface area contributed by atoms with Gasteiger partial charge in [-0.05, 0) is 44.1 Å². The number of anilines is 1. The quantitative estimate of drug-likeness (QED) is 0.371. The van der Waals surface area contributed by atoms with Gasteiger partial charge in [0.15, 0.2) is 0 Å². The molecule has 0 saturated carbocycles. The van der Waals surface area contributed by atoms with Crippen LogP contribution in [0.25, 0.3) is 0 Å². The maximum Gasteiger partial charge on any atom is 0.341 e. The van der Waals surface area contributed by atoms with Gasteiger partial charge in [-0.25, -0.2) is 14.5 Å². The van der Waals surface area contributed by atoms with Crippen molar-refractivity contribution < 1.29 is 28.7 Å². The highest BCUT2D eigenvalue weighted by Crippen LogP contribution is 2.40. The Kier molecular flexibility index (Phi) is 7.09. The van der Waals surface area contributed by atoms with Crippen molar-refractivity contribution in [2.45, 2.75) is 52.9 Å². The number of rotatable bonds is 8. The van der Waals surface area contributed by atoms with Crippen molar-refractivity contribution in [2.75, 3.05) is 25.0 Å². The fourth-order valence-electron chi connectivity index (χ4n) is 3.77. The summed E-state index contributed by atoms with van der Waals surface area (Å²) in [6.45, 7) is 5.51. The molecule has 31 heavy (non-hydrogen) atoms. The van der Waals surface area contributed by atoms with Crippen LogP contribution in [0.15, 0.2) is 0 Å². The zero-order chi connectivity index (χ0) is 22.7. The highest BCUT2D eigenvalue weighted by molar-refractivity contribution is 7.17. The number of urea groups is 1. The van der Waals surface area contributed by atoms with Crippen LogP contribution in [0.5, 0.6) is 0 Å². The molecule has 1 N–H and O–H groups in total. The molecule has 0 bridgehead atoms. The van der Waals surface area contributed by atoms with Crippen molar-refractivity contribution in [2.24, 2.45) is 5.92 Å². The summed E-state index contributed by atoms with van der Waals surface area (Å²) >= 11 is 1.32. The Hall–Kier alpha value is -2.75. The largest absolute Gasteiger partial charge is 0.462 e. The summed E-state index contributed by atoms with van der Waals surface area (Å²) < 4.78 is 5.18. The van der Waals surface area contributed by atoms with E-state index in [1.165, 1.54) is 11.3 Å². The molecule has 2 aliphatic rings. The Labute approximate surface area is 184 Å². The van der Waals surface area contributed by atoms with Gasteiger partial charge in [-0.3, -0.25) is 19.3 Å². The molecule has 168 valence electrons. The van der Waals surface area contributed by atoms with E-state index < -0.39 is 36.3 Å². The number of hydrogen-bond donors (Lipinski definition) is 1. The van der Waals surface area contributed by atoms with Crippen LogP contribution in [0.1, 0.15) is 60.8 Å². The molecule has 1 atom stereocenters. The first-order valence-electron chi connectivity index (χ1n) is 10.6. The summed E-state index contributed by atoms with van der Waals surface area (Å²) in [5.41, 5.74) is 1.24. The molecule has 10 heteroatoms. The molecule has 3 rings (SSSR count). The van der Waals surface area contributed by atoms with Gasteiger partial charge in [0.2, 0.25) is 5.91 Å². The monoisotopic (exact) mass is 449 g/mol. The van der Waals surface area contributed by atoms with Gasteiger partial charge in [-0.1, -0.05) is 20.3 Å². The smallest absolute Gasteiger partial charge is 0.341 e. The van der Waals surface area contributed by atoms with E-state index in [2.05, 4.69) is 12.2 Å². The number of nitrogens with zero attached hydrogens (tertiary/aromatic N) is 2. The summed E-state index contributed by atoms with van der Waals surface area (Å²) in [5, 5.41) is 3.02. The van der Waals surface area contributed by atoms with Crippen molar-refractivity contribution in [1.29, 1.82) is 0 Å². The summed E-state index contributed by atoms with van der Waals surface area (Å²) in [5.74, 6) is -2.60. The zero-order valence-corrected chi connectivity index (χ0v) is 18.8. The number of unbranched alkanes of at least 4 members (excludes halogenated alkanes) is 1. The van der Waals surface area contributed by atoms with E-state index in [-0.39, 0.29) is 13.2 Å². The Balaban J connectivity index is 1.77. The molecular weight excluding hydrogens is 422 g/mol. The second-order valence-corrected chi connectivity index (χ2v) is 8.91. The standard InChI is InChI=1S/C21H27N3O6S/c1-4-6-9-23-18(26)19(27)24(21(23)29)11-15(25)22-17-16(20(28)30-5-2)13-8-7-12(3)10-14(13)31-17/h12H,4-11H2,1-3H3,(H,22,25). The van der Waals surface area contributed by atoms with Crippen LogP contribution in [0, 0.1) is 5.92 Å². The Bertz CT molecular complexity index is 924. The molecule has 5 amide bonds. The van der Waals surface area contributed by atoms with Gasteiger partial charge < -0.3 is 10.1 Å². The predicted octanol–water partition coefficient (Wildman–Crippen LogP) is 2.58. The summed E-state index contributed by atoms with van der Waals surface area (Å²) in [4.78, 5) is 64.5. The second-order valence-electron chi connectivity index (χ2n) is 7.81. The lowest BCUT2D eigenvalue weighted by molar-refractivity contribution is -0.143. The molecule has 1 aromatic rings. The first-order chi connectivity index (χ1) is 14.8. The van der Waals surface area contributed by atoms with Crippen LogP contribution in [0.3, 0.4) is 0 Å². The van der Waals surface area contributed by atoms with E-state index in [1.54, 1.807) is 6.92 Å². The van der Waals surface area contributed by atoms with Crippen LogP contribution >= 0.6 is 11.3 Å². The number of carbonyl (C=O) groups excluding carboxylic acids is 5. The van der Waals surface area contributed by atoms with E-state index in [9.17, 15) is 24.0 Å². The Morgan fingerprint density at radius 1 is 1.16 bits per heavy atom. The molecule has 0 spiro atoms. The number of nitrogens with one attached hydrogen (secondary N) is 1. The normalized spacial score (nSPS) is 18.4. The maximum atomic E-state index is 12.7. The fourth-order valence-corrected chi connectivity index (χ4v) is 5.19. The zero-order valence-electron chi connectivity index (χ0n) is 18.0. The third-order valence-electron chi connectivity index (χ3n) is 5.42. The number of esters is 1. The molecule has 0 aromatic carbocycles. The Morgan fingerprint density at radius 3 is 2.55 bits per heavy atom. The molecule has 1 saturated heterocycles. The number of imide groups is 2. The van der Waals surface area contributed by atoms with Crippen molar-refractivity contribution in [1.82, 2.24) is 9.80 Å². The average Bonchev–Trinajstić information content (AvgIpc) is 3.16. The van der Waals surface area contributed by atoms with Crippen molar-refractivity contribution in [3.05, 3.63) is 16.0 Å². The van der Waals surface area contributed by atoms with E-state index >= 15 is 0 Å². The lowest BCUT2D eigenvalue weighted by Crippen LogP contribution is -2.39. The van der Waals surface area contributed by atoms with Gasteiger partial charge in [0, 0.05) is 11.4 Å². The number of carbonyl (C=O) groups is 5. The topological polar surface area (TPSA) is 113 Å². The summed E-state index contributed by atoms with van der Waals surface area (Å²) in [6, 6.07) is -0.788. The molecule has 9 nitrogen and oxygen atoms in total. The van der Waals surface area contributed by atoms with E-state index in [0.29, 0.717) is 27.8 Å². The number of amides is 5. The number of ether oxygens (including phenoxy) is 1. The fraction of sp³-hybridized carbons (Fsp3) is 0.571. The molecule has 2 heterocycles. The van der Waals surface area contributed by atoms with Gasteiger partial charge in [0.05, 0.1) is 12.2 Å². The van der Waals surface area contributed by atoms with Crippen molar-refractivity contribution in [3.63, 3.8) is 0 Å². The molecule has 1 aromatic heterocycles. The van der Waals surface area contributed by atoms with Crippen LogP contribution in [0.2, 0.25) is 0 Å². The van der Waals surface area contributed by atoms with Crippen LogP contribution in [0.4, 0.5) is 9.80 Å². The average molecular weight is 450 g/mol. The van der Waals surface area contributed by atoms with Gasteiger partial charge in [-0.15, -0.1) is 11.3 Å². The van der Waals surface area contributed by atoms with Gasteiger partial charge in [0.1, 0.15) is 11.5 Å². The minimum absolute atomic E-state index is 0.140. The van der Waals surface area contributed by atoms with E-state index in [1.807, 2.05) is 6.92 Å². The van der Waals surface area contributed by atoms with Crippen LogP contribution in [-0.4, -0.2) is 59.2 Å². The minimum atomic E-state index is -1.01. The van der Waals surface area contributed by atoms with Gasteiger partial charge in [-0.2, -0.15) is 0 Å². The number of thiophene rings is 1. The highest BCUT2D eigenvalue weighted by atomic mass is 32.1. The SMILES string of the molecule is CCCCN1C(=O)C(=O)N(CC(=O)Nc2sc3c(c2C(=O)OCC)CCC(C)C3)C1=O. The molecule has 1 aliphatic carbocycles. The molecular formula is C21H27N3O6S. The third-order valence-corrected chi connectivity index (χ3v) is 6.59. The van der Waals surface area contributed by atoms with Gasteiger partial charge in [0.25, 0.3) is 0 Å². The van der Waals surface area contributed by atoms with Crippen LogP contribution < -0.4 is 5.32 Å². The van der Waals surface area contributed by atoms with E-state index in [0.717, 1.165) is 41.0 Å². The second kappa shape index (κ2) is 9.59.